The molecule has 0 amide bonds. The summed E-state index contributed by atoms with van der Waals surface area (Å²) in [6.45, 7) is 11.2. The van der Waals surface area contributed by atoms with Crippen molar-refractivity contribution in [1.29, 1.82) is 0 Å². The fourth-order valence-electron chi connectivity index (χ4n) is 3.77. The Morgan fingerprint density at radius 2 is 1.57 bits per heavy atom. The summed E-state index contributed by atoms with van der Waals surface area (Å²) in [5, 5.41) is 0.802. The van der Waals surface area contributed by atoms with Crippen LogP contribution in [0.1, 0.15) is 37.8 Å². The van der Waals surface area contributed by atoms with Crippen molar-refractivity contribution in [3.05, 3.63) is 88.3 Å². The lowest BCUT2D eigenvalue weighted by molar-refractivity contribution is -0.139. The van der Waals surface area contributed by atoms with Gasteiger partial charge in [0.2, 0.25) is 0 Å². The zero-order valence-corrected chi connectivity index (χ0v) is 21.6. The van der Waals surface area contributed by atoms with Crippen molar-refractivity contribution in [1.82, 2.24) is 0 Å². The Balaban J connectivity index is 1.90. The highest BCUT2D eigenvalue weighted by Crippen LogP contribution is 2.27. The van der Waals surface area contributed by atoms with E-state index in [1.807, 2.05) is 18.2 Å². The van der Waals surface area contributed by atoms with Gasteiger partial charge in [-0.1, -0.05) is 31.4 Å². The van der Waals surface area contributed by atoms with Crippen LogP contribution in [0.25, 0.3) is 22.1 Å². The molecule has 0 atom stereocenters. The lowest BCUT2D eigenvalue weighted by atomic mass is 9.98. The van der Waals surface area contributed by atoms with Crippen molar-refractivity contribution in [2.45, 2.75) is 39.5 Å². The fourth-order valence-corrected chi connectivity index (χ4v) is 3.77. The number of hydrogen-bond acceptors (Lipinski definition) is 7. The van der Waals surface area contributed by atoms with Gasteiger partial charge in [-0.2, -0.15) is 0 Å². The molecule has 0 unspecified atom stereocenters. The van der Waals surface area contributed by atoms with Crippen LogP contribution in [0.4, 0.5) is 0 Å². The summed E-state index contributed by atoms with van der Waals surface area (Å²) >= 11 is 0. The molecule has 1 aromatic heterocycles. The normalized spacial score (nSPS) is 10.8. The molecule has 0 bridgehead atoms. The van der Waals surface area contributed by atoms with Gasteiger partial charge in [-0.05, 0) is 80.5 Å². The molecule has 1 heterocycles. The maximum atomic E-state index is 12.9. The summed E-state index contributed by atoms with van der Waals surface area (Å²) in [6, 6.07) is 12.5. The number of ether oxygens (including phenoxy) is 3. The van der Waals surface area contributed by atoms with Crippen molar-refractivity contribution < 1.29 is 28.2 Å². The molecule has 2 aromatic carbocycles. The van der Waals surface area contributed by atoms with Gasteiger partial charge in [0.1, 0.15) is 11.3 Å². The summed E-state index contributed by atoms with van der Waals surface area (Å²) in [5.41, 5.74) is 3.79. The van der Waals surface area contributed by atoms with E-state index in [2.05, 4.69) is 13.2 Å². The molecule has 7 nitrogen and oxygen atoms in total. The Morgan fingerprint density at radius 1 is 0.892 bits per heavy atom. The molecule has 0 aliphatic carbocycles. The quantitative estimate of drug-likeness (QED) is 0.105. The van der Waals surface area contributed by atoms with Gasteiger partial charge in [0.15, 0.2) is 0 Å². The number of aryl methyl sites for hydroxylation is 2. The number of benzene rings is 2. The van der Waals surface area contributed by atoms with E-state index in [1.165, 1.54) is 0 Å². The Labute approximate surface area is 216 Å². The minimum Gasteiger partial charge on any atom is -0.462 e. The van der Waals surface area contributed by atoms with Crippen molar-refractivity contribution in [2.24, 2.45) is 0 Å². The minimum atomic E-state index is -0.513. The van der Waals surface area contributed by atoms with Crippen LogP contribution < -0.4 is 10.4 Å². The zero-order chi connectivity index (χ0) is 26.9. The standard InChI is InChI=1S/C30H32O7/c1-19(2)28(31)35-15-6-8-21-16-23(9-7-14-34-5)27-24(17-21)18-26(30(33)37-27)22-10-12-25(13-11-22)36-29(32)20(3)4/h10-13,16-18H,1,3,6-9,14-15H2,2,4-5H3. The zero-order valence-electron chi connectivity index (χ0n) is 21.6. The van der Waals surface area contributed by atoms with Crippen molar-refractivity contribution in [3.63, 3.8) is 0 Å². The van der Waals surface area contributed by atoms with E-state index in [1.54, 1.807) is 45.2 Å². The predicted octanol–water partition coefficient (Wildman–Crippen LogP) is 5.57. The largest absolute Gasteiger partial charge is 0.462 e. The third-order valence-electron chi connectivity index (χ3n) is 5.68. The van der Waals surface area contributed by atoms with Crippen LogP contribution in [0.5, 0.6) is 5.75 Å². The highest BCUT2D eigenvalue weighted by molar-refractivity contribution is 5.89. The maximum Gasteiger partial charge on any atom is 0.344 e. The fraction of sp³-hybridized carbons (Fsp3) is 0.300. The topological polar surface area (TPSA) is 92.0 Å². The van der Waals surface area contributed by atoms with Crippen LogP contribution in [0.3, 0.4) is 0 Å². The summed E-state index contributed by atoms with van der Waals surface area (Å²) in [5.74, 6) is -0.552. The van der Waals surface area contributed by atoms with Gasteiger partial charge >= 0.3 is 17.6 Å². The molecule has 194 valence electrons. The number of hydrogen-bond donors (Lipinski definition) is 0. The Hall–Kier alpha value is -3.97. The molecule has 3 rings (SSSR count). The van der Waals surface area contributed by atoms with Crippen LogP contribution in [0.15, 0.2) is 76.0 Å². The highest BCUT2D eigenvalue weighted by atomic mass is 16.5. The molecule has 3 aromatic rings. The molecule has 7 heteroatoms. The SMILES string of the molecule is C=C(C)C(=O)OCCCc1cc(CCCOC)c2oc(=O)c(-c3ccc(OC(=O)C(=C)C)cc3)cc2c1. The van der Waals surface area contributed by atoms with Crippen LogP contribution in [0.2, 0.25) is 0 Å². The van der Waals surface area contributed by atoms with E-state index in [4.69, 9.17) is 18.6 Å². The molecule has 0 saturated carbocycles. The van der Waals surface area contributed by atoms with Gasteiger partial charge in [0.25, 0.3) is 0 Å². The molecule has 37 heavy (non-hydrogen) atoms. The number of methoxy groups -OCH3 is 1. The van der Waals surface area contributed by atoms with Crippen molar-refractivity contribution >= 4 is 22.9 Å². The minimum absolute atomic E-state index is 0.292. The predicted molar refractivity (Wildman–Crippen MR) is 143 cm³/mol. The van der Waals surface area contributed by atoms with Gasteiger partial charge in [-0.25, -0.2) is 14.4 Å². The number of carbonyl (C=O) groups excluding carboxylic acids is 2. The van der Waals surface area contributed by atoms with Gasteiger partial charge in [-0.15, -0.1) is 0 Å². The third-order valence-corrected chi connectivity index (χ3v) is 5.68. The third kappa shape index (κ3) is 7.51. The van der Waals surface area contributed by atoms with E-state index in [0.717, 1.165) is 22.9 Å². The summed E-state index contributed by atoms with van der Waals surface area (Å²) in [4.78, 5) is 36.3. The monoisotopic (exact) mass is 504 g/mol. The smallest absolute Gasteiger partial charge is 0.344 e. The maximum absolute atomic E-state index is 12.9. The van der Waals surface area contributed by atoms with E-state index in [0.29, 0.717) is 66.1 Å². The Bertz CT molecular complexity index is 1360. The van der Waals surface area contributed by atoms with Crippen LogP contribution >= 0.6 is 0 Å². The lowest BCUT2D eigenvalue weighted by Gasteiger charge is -2.11. The average Bonchev–Trinajstić information content (AvgIpc) is 2.87. The average molecular weight is 505 g/mol. The van der Waals surface area contributed by atoms with Crippen molar-refractivity contribution in [3.8, 4) is 16.9 Å². The molecule has 0 fully saturated rings. The first kappa shape index (κ1) is 27.6. The number of rotatable bonds is 12. The molecule has 0 spiro atoms. The molecule has 0 saturated heterocycles. The molecular weight excluding hydrogens is 472 g/mol. The molecular formula is C30H32O7. The molecule has 0 aliphatic heterocycles. The first-order valence-corrected chi connectivity index (χ1v) is 12.1. The van der Waals surface area contributed by atoms with Gasteiger partial charge < -0.3 is 18.6 Å². The van der Waals surface area contributed by atoms with E-state index in [-0.39, 0.29) is 0 Å². The second-order valence-corrected chi connectivity index (χ2v) is 8.93. The Kier molecular flexibility index (Phi) is 9.57. The van der Waals surface area contributed by atoms with Crippen LogP contribution in [0, 0.1) is 0 Å². The highest BCUT2D eigenvalue weighted by Gasteiger charge is 2.14. The van der Waals surface area contributed by atoms with Gasteiger partial charge in [-0.3, -0.25) is 0 Å². The van der Waals surface area contributed by atoms with E-state index < -0.39 is 17.6 Å². The van der Waals surface area contributed by atoms with Crippen LogP contribution in [-0.2, 0) is 31.9 Å². The number of fused-ring (bicyclic) bond motifs is 1. The number of esters is 2. The summed E-state index contributed by atoms with van der Waals surface area (Å²) in [7, 11) is 1.65. The van der Waals surface area contributed by atoms with E-state index in [9.17, 15) is 14.4 Å². The van der Waals surface area contributed by atoms with E-state index >= 15 is 0 Å². The first-order chi connectivity index (χ1) is 17.7. The second kappa shape index (κ2) is 12.8. The number of carbonyl (C=O) groups is 2. The first-order valence-electron chi connectivity index (χ1n) is 12.1. The summed E-state index contributed by atoms with van der Waals surface area (Å²) in [6.07, 6.45) is 2.80. The second-order valence-electron chi connectivity index (χ2n) is 8.93. The van der Waals surface area contributed by atoms with Gasteiger partial charge in [0.05, 0.1) is 12.2 Å². The molecule has 0 N–H and O–H groups in total. The Morgan fingerprint density at radius 3 is 2.22 bits per heavy atom. The van der Waals surface area contributed by atoms with Gasteiger partial charge in [0, 0.05) is 30.2 Å². The van der Waals surface area contributed by atoms with Crippen molar-refractivity contribution in [2.75, 3.05) is 20.3 Å². The lowest BCUT2D eigenvalue weighted by Crippen LogP contribution is -2.08. The summed E-state index contributed by atoms with van der Waals surface area (Å²) < 4.78 is 21.4. The van der Waals surface area contributed by atoms with Crippen LogP contribution in [-0.4, -0.2) is 32.3 Å². The molecule has 0 aliphatic rings. The molecule has 0 radical (unpaired) electrons.